The minimum Gasteiger partial charge on any atom is -0.494 e. The van der Waals surface area contributed by atoms with Crippen molar-refractivity contribution in [1.82, 2.24) is 5.32 Å². The third kappa shape index (κ3) is 3.71. The molecule has 6 heteroatoms. The van der Waals surface area contributed by atoms with Gasteiger partial charge >= 0.3 is 0 Å². The molecular formula is C14H14N2O3S. The number of aliphatic imine (C=N–C) groups is 1. The molecule has 0 atom stereocenters. The number of nitrogens with one attached hydrogen (secondary N) is 1. The van der Waals surface area contributed by atoms with Gasteiger partial charge in [-0.05, 0) is 42.5 Å². The summed E-state index contributed by atoms with van der Waals surface area (Å²) < 4.78 is 5.40. The Balaban J connectivity index is 2.14. The maximum Gasteiger partial charge on any atom is 0.286 e. The Kier molecular flexibility index (Phi) is 4.57. The summed E-state index contributed by atoms with van der Waals surface area (Å²) in [6.45, 7) is 3.87. The Bertz CT molecular complexity index is 608. The minimum absolute atomic E-state index is 0.247. The van der Waals surface area contributed by atoms with E-state index in [2.05, 4.69) is 10.3 Å². The number of hydrogen-bond acceptors (Lipinski definition) is 4. The normalized spacial score (nSPS) is 16.2. The van der Waals surface area contributed by atoms with Crippen molar-refractivity contribution < 1.29 is 14.3 Å². The van der Waals surface area contributed by atoms with Crippen LogP contribution in [0.15, 0.2) is 34.2 Å². The first-order valence-corrected chi connectivity index (χ1v) is 6.93. The van der Waals surface area contributed by atoms with Crippen LogP contribution in [0.2, 0.25) is 0 Å². The molecule has 0 aliphatic carbocycles. The molecule has 104 valence electrons. The Labute approximate surface area is 121 Å². The average Bonchev–Trinajstić information content (AvgIpc) is 2.69. The van der Waals surface area contributed by atoms with Gasteiger partial charge in [0.15, 0.2) is 5.17 Å². The minimum atomic E-state index is -0.347. The number of nitrogens with zero attached hydrogens (tertiary/aromatic N) is 1. The summed E-state index contributed by atoms with van der Waals surface area (Å²) in [5, 5.41) is 2.82. The summed E-state index contributed by atoms with van der Waals surface area (Å²) in [5.74, 6) is 0.157. The molecule has 1 heterocycles. The number of amides is 2. The van der Waals surface area contributed by atoms with Crippen LogP contribution in [0.5, 0.6) is 5.75 Å². The van der Waals surface area contributed by atoms with E-state index in [-0.39, 0.29) is 11.8 Å². The second-order valence-corrected chi connectivity index (χ2v) is 5.05. The van der Waals surface area contributed by atoms with Gasteiger partial charge in [-0.25, -0.2) is 0 Å². The van der Waals surface area contributed by atoms with Crippen molar-refractivity contribution >= 4 is 34.8 Å². The fourth-order valence-electron chi connectivity index (χ4n) is 1.63. The van der Waals surface area contributed by atoms with Crippen LogP contribution in [0.3, 0.4) is 0 Å². The van der Waals surface area contributed by atoms with E-state index < -0.39 is 0 Å². The lowest BCUT2D eigenvalue weighted by Crippen LogP contribution is -2.23. The van der Waals surface area contributed by atoms with E-state index in [1.54, 1.807) is 6.08 Å². The number of carbonyl (C=O) groups excluding carboxylic acids is 2. The standard InChI is InChI=1S/C14H14N2O3S/c1-3-19-11-6-4-5-10(7-11)8-12-13(18)16-14(20-12)15-9(2)17/h4-8H,3H2,1-2H3,(H,15,16,17,18)/b12-8-. The molecule has 0 unspecified atom stereocenters. The summed E-state index contributed by atoms with van der Waals surface area (Å²) in [7, 11) is 0. The molecule has 1 aromatic carbocycles. The van der Waals surface area contributed by atoms with Gasteiger partial charge in [0.25, 0.3) is 5.91 Å². The van der Waals surface area contributed by atoms with Gasteiger partial charge < -0.3 is 10.1 Å². The Morgan fingerprint density at radius 3 is 3.00 bits per heavy atom. The van der Waals surface area contributed by atoms with Crippen molar-refractivity contribution in [2.45, 2.75) is 13.8 Å². The van der Waals surface area contributed by atoms with Crippen LogP contribution in [0, 0.1) is 0 Å². The molecular weight excluding hydrogens is 276 g/mol. The van der Waals surface area contributed by atoms with Crippen LogP contribution in [0.25, 0.3) is 6.08 Å². The Hall–Kier alpha value is -2.08. The van der Waals surface area contributed by atoms with Crippen LogP contribution in [-0.2, 0) is 9.59 Å². The Morgan fingerprint density at radius 2 is 2.30 bits per heavy atom. The maximum absolute atomic E-state index is 11.7. The molecule has 0 bridgehead atoms. The SMILES string of the molecule is CCOc1cccc(/C=C2\SC(NC(C)=O)=NC2=O)c1. The predicted molar refractivity (Wildman–Crippen MR) is 79.4 cm³/mol. The molecule has 1 aliphatic heterocycles. The van der Waals surface area contributed by atoms with Gasteiger partial charge in [0, 0.05) is 6.92 Å². The largest absolute Gasteiger partial charge is 0.494 e. The highest BCUT2D eigenvalue weighted by atomic mass is 32.2. The summed E-state index contributed by atoms with van der Waals surface area (Å²) in [6, 6.07) is 7.44. The molecule has 0 spiro atoms. The van der Waals surface area contributed by atoms with Gasteiger partial charge in [-0.1, -0.05) is 12.1 Å². The molecule has 20 heavy (non-hydrogen) atoms. The number of benzene rings is 1. The lowest BCUT2D eigenvalue weighted by molar-refractivity contribution is -0.117. The van der Waals surface area contributed by atoms with Gasteiger partial charge in [0.2, 0.25) is 5.91 Å². The molecule has 0 saturated carbocycles. The highest BCUT2D eigenvalue weighted by molar-refractivity contribution is 8.18. The topological polar surface area (TPSA) is 67.8 Å². The van der Waals surface area contributed by atoms with Gasteiger partial charge in [-0.15, -0.1) is 0 Å². The van der Waals surface area contributed by atoms with E-state index >= 15 is 0 Å². The number of hydrogen-bond donors (Lipinski definition) is 1. The lowest BCUT2D eigenvalue weighted by Gasteiger charge is -2.03. The molecule has 2 rings (SSSR count). The van der Waals surface area contributed by atoms with Crippen LogP contribution < -0.4 is 10.1 Å². The zero-order valence-corrected chi connectivity index (χ0v) is 12.0. The van der Waals surface area contributed by atoms with E-state index in [0.717, 1.165) is 23.1 Å². The first-order chi connectivity index (χ1) is 9.58. The van der Waals surface area contributed by atoms with Crippen molar-refractivity contribution in [3.63, 3.8) is 0 Å². The second-order valence-electron chi connectivity index (χ2n) is 4.02. The molecule has 0 radical (unpaired) electrons. The van der Waals surface area contributed by atoms with E-state index in [1.165, 1.54) is 6.92 Å². The van der Waals surface area contributed by atoms with Crippen molar-refractivity contribution in [3.8, 4) is 5.75 Å². The van der Waals surface area contributed by atoms with Crippen molar-refractivity contribution in [3.05, 3.63) is 34.7 Å². The first-order valence-electron chi connectivity index (χ1n) is 6.11. The predicted octanol–water partition coefficient (Wildman–Crippen LogP) is 2.19. The number of thioether (sulfide) groups is 1. The van der Waals surface area contributed by atoms with Crippen LogP contribution in [-0.4, -0.2) is 23.6 Å². The molecule has 1 N–H and O–H groups in total. The number of amidine groups is 1. The quantitative estimate of drug-likeness (QED) is 0.866. The fraction of sp³-hybridized carbons (Fsp3) is 0.214. The molecule has 0 aromatic heterocycles. The van der Waals surface area contributed by atoms with Crippen LogP contribution in [0.1, 0.15) is 19.4 Å². The average molecular weight is 290 g/mol. The summed E-state index contributed by atoms with van der Waals surface area (Å²) in [5.41, 5.74) is 0.853. The highest BCUT2D eigenvalue weighted by Gasteiger charge is 2.22. The molecule has 0 fully saturated rings. The summed E-state index contributed by atoms with van der Waals surface area (Å²) in [4.78, 5) is 26.9. The van der Waals surface area contributed by atoms with E-state index in [9.17, 15) is 9.59 Å². The molecule has 1 aliphatic rings. The monoisotopic (exact) mass is 290 g/mol. The van der Waals surface area contributed by atoms with Crippen LogP contribution in [0.4, 0.5) is 0 Å². The second kappa shape index (κ2) is 6.38. The van der Waals surface area contributed by atoms with Gasteiger partial charge in [-0.3, -0.25) is 9.59 Å². The van der Waals surface area contributed by atoms with Gasteiger partial charge in [0.1, 0.15) is 5.75 Å². The number of ether oxygens (including phenoxy) is 1. The lowest BCUT2D eigenvalue weighted by atomic mass is 10.2. The zero-order chi connectivity index (χ0) is 14.5. The summed E-state index contributed by atoms with van der Waals surface area (Å²) in [6.07, 6.45) is 1.73. The number of carbonyl (C=O) groups is 2. The fourth-order valence-corrected chi connectivity index (χ4v) is 2.48. The van der Waals surface area contributed by atoms with E-state index in [1.807, 2.05) is 31.2 Å². The third-order valence-corrected chi connectivity index (χ3v) is 3.27. The summed E-state index contributed by atoms with van der Waals surface area (Å²) >= 11 is 1.15. The molecule has 5 nitrogen and oxygen atoms in total. The smallest absolute Gasteiger partial charge is 0.286 e. The van der Waals surface area contributed by atoms with Gasteiger partial charge in [-0.2, -0.15) is 4.99 Å². The maximum atomic E-state index is 11.7. The van der Waals surface area contributed by atoms with Crippen molar-refractivity contribution in [2.75, 3.05) is 6.61 Å². The molecule has 0 saturated heterocycles. The Morgan fingerprint density at radius 1 is 1.50 bits per heavy atom. The third-order valence-electron chi connectivity index (χ3n) is 2.37. The first kappa shape index (κ1) is 14.3. The zero-order valence-electron chi connectivity index (χ0n) is 11.2. The van der Waals surface area contributed by atoms with E-state index in [4.69, 9.17) is 4.74 Å². The van der Waals surface area contributed by atoms with Crippen molar-refractivity contribution in [2.24, 2.45) is 4.99 Å². The molecule has 1 aromatic rings. The number of rotatable bonds is 3. The molecule has 2 amide bonds. The van der Waals surface area contributed by atoms with E-state index in [0.29, 0.717) is 16.7 Å². The van der Waals surface area contributed by atoms with Gasteiger partial charge in [0.05, 0.1) is 11.5 Å². The van der Waals surface area contributed by atoms with Crippen molar-refractivity contribution in [1.29, 1.82) is 0 Å². The highest BCUT2D eigenvalue weighted by Crippen LogP contribution is 2.28. The van der Waals surface area contributed by atoms with Crippen LogP contribution >= 0.6 is 11.8 Å².